The zero-order chi connectivity index (χ0) is 21.1. The summed E-state index contributed by atoms with van der Waals surface area (Å²) in [5.41, 5.74) is 0.939. The Bertz CT molecular complexity index is 1030. The molecule has 1 amide bonds. The molecule has 3 aromatic rings. The zero-order valence-corrected chi connectivity index (χ0v) is 17.8. The van der Waals surface area contributed by atoms with Crippen molar-refractivity contribution in [2.75, 3.05) is 0 Å². The number of tetrazole rings is 1. The quantitative estimate of drug-likeness (QED) is 0.648. The number of aromatic nitrogens is 4. The molecule has 0 unspecified atom stereocenters. The van der Waals surface area contributed by atoms with Crippen molar-refractivity contribution >= 4 is 17.7 Å². The van der Waals surface area contributed by atoms with Gasteiger partial charge in [-0.25, -0.2) is 4.79 Å². The molecule has 0 radical (unpaired) electrons. The molecule has 4 rings (SSSR count). The van der Waals surface area contributed by atoms with Crippen molar-refractivity contribution in [2.45, 2.75) is 45.1 Å². The van der Waals surface area contributed by atoms with Gasteiger partial charge < -0.3 is 10.1 Å². The Kier molecular flexibility index (Phi) is 5.72. The van der Waals surface area contributed by atoms with E-state index < -0.39 is 11.6 Å². The Hall–Kier alpha value is -2.93. The Labute approximate surface area is 180 Å². The number of halogens is 1. The van der Waals surface area contributed by atoms with Gasteiger partial charge in [-0.05, 0) is 78.8 Å². The van der Waals surface area contributed by atoms with Crippen LogP contribution in [0.2, 0.25) is 5.02 Å². The SMILES string of the molecule is Cc1c(Cl)cccc1-n1nnnc1C1(NC(=O)Oc2ccccc2)CCC(C)CC1. The molecule has 0 saturated heterocycles. The highest BCUT2D eigenvalue weighted by Gasteiger charge is 2.42. The third-order valence-electron chi connectivity index (χ3n) is 5.79. The van der Waals surface area contributed by atoms with Crippen LogP contribution >= 0.6 is 11.6 Å². The second kappa shape index (κ2) is 8.44. The molecule has 0 bridgehead atoms. The first-order valence-electron chi connectivity index (χ1n) is 10.1. The minimum Gasteiger partial charge on any atom is -0.410 e. The second-order valence-electron chi connectivity index (χ2n) is 7.89. The molecule has 1 fully saturated rings. The van der Waals surface area contributed by atoms with Crippen LogP contribution in [0.4, 0.5) is 4.79 Å². The number of carbonyl (C=O) groups is 1. The third kappa shape index (κ3) is 4.03. The van der Waals surface area contributed by atoms with E-state index in [1.165, 1.54) is 0 Å². The molecular formula is C22H24ClN5O2. The van der Waals surface area contributed by atoms with Crippen LogP contribution < -0.4 is 10.1 Å². The van der Waals surface area contributed by atoms with Crippen LogP contribution in [0, 0.1) is 12.8 Å². The summed E-state index contributed by atoms with van der Waals surface area (Å²) in [6, 6.07) is 14.6. The van der Waals surface area contributed by atoms with Gasteiger partial charge in [0.25, 0.3) is 0 Å². The predicted octanol–water partition coefficient (Wildman–Crippen LogP) is 4.82. The summed E-state index contributed by atoms with van der Waals surface area (Å²) in [6.45, 7) is 4.14. The number of benzene rings is 2. The number of nitrogens with one attached hydrogen (secondary N) is 1. The Morgan fingerprint density at radius 3 is 2.63 bits per heavy atom. The van der Waals surface area contributed by atoms with Crippen LogP contribution in [0.5, 0.6) is 5.75 Å². The molecule has 1 N–H and O–H groups in total. The first kappa shape index (κ1) is 20.3. The van der Waals surface area contributed by atoms with Crippen LogP contribution in [0.1, 0.15) is 44.0 Å². The van der Waals surface area contributed by atoms with E-state index in [0.717, 1.165) is 36.9 Å². The Morgan fingerprint density at radius 2 is 1.90 bits per heavy atom. The maximum absolute atomic E-state index is 12.8. The summed E-state index contributed by atoms with van der Waals surface area (Å²) in [7, 11) is 0. The molecule has 0 atom stereocenters. The minimum absolute atomic E-state index is 0.486. The summed E-state index contributed by atoms with van der Waals surface area (Å²) < 4.78 is 7.19. The van der Waals surface area contributed by atoms with Crippen molar-refractivity contribution < 1.29 is 9.53 Å². The Morgan fingerprint density at radius 1 is 1.17 bits per heavy atom. The molecule has 156 valence electrons. The van der Waals surface area contributed by atoms with Crippen LogP contribution in [-0.4, -0.2) is 26.3 Å². The van der Waals surface area contributed by atoms with E-state index in [0.29, 0.717) is 22.5 Å². The van der Waals surface area contributed by atoms with Gasteiger partial charge in [0.2, 0.25) is 0 Å². The largest absolute Gasteiger partial charge is 0.413 e. The molecule has 7 nitrogen and oxygen atoms in total. The van der Waals surface area contributed by atoms with Gasteiger partial charge in [-0.3, -0.25) is 0 Å². The van der Waals surface area contributed by atoms with Crippen LogP contribution in [0.25, 0.3) is 5.69 Å². The second-order valence-corrected chi connectivity index (χ2v) is 8.30. The van der Waals surface area contributed by atoms with Crippen LogP contribution in [0.15, 0.2) is 48.5 Å². The maximum atomic E-state index is 12.8. The molecule has 0 aliphatic heterocycles. The van der Waals surface area contributed by atoms with Gasteiger partial charge in [-0.15, -0.1) is 5.10 Å². The molecule has 1 aliphatic carbocycles. The van der Waals surface area contributed by atoms with Crippen molar-refractivity contribution in [1.82, 2.24) is 25.5 Å². The van der Waals surface area contributed by atoms with Crippen molar-refractivity contribution in [3.05, 3.63) is 64.9 Å². The lowest BCUT2D eigenvalue weighted by atomic mass is 9.76. The molecule has 1 aromatic heterocycles. The number of nitrogens with zero attached hydrogens (tertiary/aromatic N) is 4. The fourth-order valence-corrected chi connectivity index (χ4v) is 4.12. The monoisotopic (exact) mass is 425 g/mol. The third-order valence-corrected chi connectivity index (χ3v) is 6.20. The normalized spacial score (nSPS) is 21.2. The predicted molar refractivity (Wildman–Crippen MR) is 114 cm³/mol. The standard InChI is InChI=1S/C22H24ClN5O2/c1-15-11-13-22(14-12-15,24-21(29)30-17-7-4-3-5-8-17)20-25-26-27-28(20)19-10-6-9-18(23)16(19)2/h3-10,15H,11-14H2,1-2H3,(H,24,29). The number of hydrogen-bond acceptors (Lipinski definition) is 5. The van der Waals surface area contributed by atoms with Gasteiger partial charge in [-0.2, -0.15) is 4.68 Å². The van der Waals surface area contributed by atoms with E-state index in [1.807, 2.05) is 43.3 Å². The van der Waals surface area contributed by atoms with Crippen molar-refractivity contribution in [3.63, 3.8) is 0 Å². The molecule has 30 heavy (non-hydrogen) atoms. The van der Waals surface area contributed by atoms with Crippen molar-refractivity contribution in [2.24, 2.45) is 5.92 Å². The Balaban J connectivity index is 1.69. The lowest BCUT2D eigenvalue weighted by Gasteiger charge is -2.38. The van der Waals surface area contributed by atoms with E-state index in [9.17, 15) is 4.79 Å². The summed E-state index contributed by atoms with van der Waals surface area (Å²) in [4.78, 5) is 12.8. The van der Waals surface area contributed by atoms with Gasteiger partial charge in [0, 0.05) is 5.02 Å². The van der Waals surface area contributed by atoms with E-state index >= 15 is 0 Å². The van der Waals surface area contributed by atoms with Crippen molar-refractivity contribution in [1.29, 1.82) is 0 Å². The van der Waals surface area contributed by atoms with E-state index in [1.54, 1.807) is 16.8 Å². The molecule has 0 spiro atoms. The van der Waals surface area contributed by atoms with E-state index in [2.05, 4.69) is 27.8 Å². The smallest absolute Gasteiger partial charge is 0.410 e. The zero-order valence-electron chi connectivity index (χ0n) is 17.0. The van der Waals surface area contributed by atoms with Crippen LogP contribution in [0.3, 0.4) is 0 Å². The highest BCUT2D eigenvalue weighted by Crippen LogP contribution is 2.39. The van der Waals surface area contributed by atoms with Gasteiger partial charge in [0.1, 0.15) is 11.3 Å². The van der Waals surface area contributed by atoms with Crippen molar-refractivity contribution in [3.8, 4) is 11.4 Å². The van der Waals surface area contributed by atoms with Gasteiger partial charge in [-0.1, -0.05) is 42.8 Å². The fraction of sp³-hybridized carbons (Fsp3) is 0.364. The molecule has 8 heteroatoms. The molecular weight excluding hydrogens is 402 g/mol. The van der Waals surface area contributed by atoms with Gasteiger partial charge >= 0.3 is 6.09 Å². The number of carbonyl (C=O) groups excluding carboxylic acids is 1. The summed E-state index contributed by atoms with van der Waals surface area (Å²) in [6.07, 6.45) is 2.82. The minimum atomic E-state index is -0.726. The van der Waals surface area contributed by atoms with Gasteiger partial charge in [0.15, 0.2) is 5.82 Å². The molecule has 2 aromatic carbocycles. The summed E-state index contributed by atoms with van der Waals surface area (Å²) >= 11 is 6.33. The average molecular weight is 426 g/mol. The fourth-order valence-electron chi connectivity index (χ4n) is 3.95. The van der Waals surface area contributed by atoms with Gasteiger partial charge in [0.05, 0.1) is 5.69 Å². The lowest BCUT2D eigenvalue weighted by molar-refractivity contribution is 0.150. The first-order valence-corrected chi connectivity index (χ1v) is 10.5. The number of hydrogen-bond donors (Lipinski definition) is 1. The number of amides is 1. The molecule has 1 heterocycles. The van der Waals surface area contributed by atoms with E-state index in [-0.39, 0.29) is 0 Å². The summed E-state index contributed by atoms with van der Waals surface area (Å²) in [5.74, 6) is 1.65. The highest BCUT2D eigenvalue weighted by molar-refractivity contribution is 6.31. The molecule has 1 aliphatic rings. The number of rotatable bonds is 4. The highest BCUT2D eigenvalue weighted by atomic mass is 35.5. The average Bonchev–Trinajstić information content (AvgIpc) is 3.23. The van der Waals surface area contributed by atoms with Crippen LogP contribution in [-0.2, 0) is 5.54 Å². The number of ether oxygens (including phenoxy) is 1. The maximum Gasteiger partial charge on any atom is 0.413 e. The topological polar surface area (TPSA) is 81.9 Å². The first-order chi connectivity index (χ1) is 14.5. The van der Waals surface area contributed by atoms with E-state index in [4.69, 9.17) is 16.3 Å². The number of para-hydroxylation sites is 1. The summed E-state index contributed by atoms with van der Waals surface area (Å²) in [5, 5.41) is 16.2. The molecule has 1 saturated carbocycles. The lowest BCUT2D eigenvalue weighted by Crippen LogP contribution is -2.50.